The Bertz CT molecular complexity index is 431. The molecule has 2 aromatic rings. The number of nitrogens with one attached hydrogen (secondary N) is 1. The Morgan fingerprint density at radius 2 is 2.07 bits per heavy atom. The number of aromatic nitrogens is 2. The van der Waals surface area contributed by atoms with Gasteiger partial charge in [0.15, 0.2) is 0 Å². The van der Waals surface area contributed by atoms with Crippen molar-refractivity contribution in [2.45, 2.75) is 6.04 Å². The molecule has 15 heavy (non-hydrogen) atoms. The first-order valence-corrected chi connectivity index (χ1v) is 5.93. The Morgan fingerprint density at radius 3 is 2.60 bits per heavy atom. The molecule has 1 atom stereocenters. The average Bonchev–Trinajstić information content (AvgIpc) is 2.68. The summed E-state index contributed by atoms with van der Waals surface area (Å²) in [5.74, 6) is 5.53. The van der Waals surface area contributed by atoms with Crippen molar-refractivity contribution in [3.8, 4) is 0 Å². The second kappa shape index (κ2) is 4.80. The number of thiophene rings is 1. The standard InChI is InChI=1S/C9H9BrN4S/c10-8-1-6(4-15-8)9(14-11)7-2-12-5-13-3-7/h1-5,9,14H,11H2. The van der Waals surface area contributed by atoms with Crippen LogP contribution in [0, 0.1) is 0 Å². The lowest BCUT2D eigenvalue weighted by atomic mass is 10.1. The van der Waals surface area contributed by atoms with Crippen molar-refractivity contribution in [2.24, 2.45) is 5.84 Å². The molecule has 2 heterocycles. The number of rotatable bonds is 3. The fourth-order valence-corrected chi connectivity index (χ4v) is 2.52. The van der Waals surface area contributed by atoms with Crippen LogP contribution in [0.25, 0.3) is 0 Å². The monoisotopic (exact) mass is 284 g/mol. The number of nitrogens with zero attached hydrogens (tertiary/aromatic N) is 2. The molecule has 0 saturated carbocycles. The van der Waals surface area contributed by atoms with Crippen LogP contribution in [-0.2, 0) is 0 Å². The van der Waals surface area contributed by atoms with E-state index in [2.05, 4.69) is 31.3 Å². The summed E-state index contributed by atoms with van der Waals surface area (Å²) in [5, 5.41) is 2.04. The zero-order valence-corrected chi connectivity index (χ0v) is 10.1. The quantitative estimate of drug-likeness (QED) is 0.667. The third kappa shape index (κ3) is 2.40. The lowest BCUT2D eigenvalue weighted by molar-refractivity contribution is 0.633. The van der Waals surface area contributed by atoms with Crippen LogP contribution >= 0.6 is 27.3 Å². The highest BCUT2D eigenvalue weighted by Gasteiger charge is 2.13. The van der Waals surface area contributed by atoms with E-state index in [0.29, 0.717) is 0 Å². The number of hydrogen-bond donors (Lipinski definition) is 2. The van der Waals surface area contributed by atoms with Crippen LogP contribution in [0.5, 0.6) is 0 Å². The third-order valence-electron chi connectivity index (χ3n) is 2.00. The first-order valence-electron chi connectivity index (χ1n) is 4.26. The SMILES string of the molecule is NNC(c1cncnc1)c1csc(Br)c1. The zero-order chi connectivity index (χ0) is 10.7. The van der Waals surface area contributed by atoms with E-state index in [1.54, 1.807) is 23.7 Å². The van der Waals surface area contributed by atoms with E-state index in [4.69, 9.17) is 5.84 Å². The van der Waals surface area contributed by atoms with Crippen LogP contribution in [0.15, 0.2) is 34.0 Å². The first-order chi connectivity index (χ1) is 7.31. The summed E-state index contributed by atoms with van der Waals surface area (Å²) >= 11 is 5.04. The third-order valence-corrected chi connectivity index (χ3v) is 3.52. The van der Waals surface area contributed by atoms with Crippen molar-refractivity contribution in [1.82, 2.24) is 15.4 Å². The van der Waals surface area contributed by atoms with Crippen molar-refractivity contribution in [3.63, 3.8) is 0 Å². The molecule has 0 aliphatic heterocycles. The maximum atomic E-state index is 5.53. The second-order valence-electron chi connectivity index (χ2n) is 2.96. The van der Waals surface area contributed by atoms with Crippen LogP contribution in [0.3, 0.4) is 0 Å². The van der Waals surface area contributed by atoms with Crippen molar-refractivity contribution >= 4 is 27.3 Å². The molecule has 0 bridgehead atoms. The van der Waals surface area contributed by atoms with E-state index in [1.165, 1.54) is 6.33 Å². The Hall–Kier alpha value is -0.820. The van der Waals surface area contributed by atoms with E-state index in [1.807, 2.05) is 11.4 Å². The van der Waals surface area contributed by atoms with Gasteiger partial charge in [0.25, 0.3) is 0 Å². The number of halogens is 1. The van der Waals surface area contributed by atoms with Crippen LogP contribution in [0.1, 0.15) is 17.2 Å². The van der Waals surface area contributed by atoms with Gasteiger partial charge in [-0.1, -0.05) is 0 Å². The molecule has 0 saturated heterocycles. The molecular weight excluding hydrogens is 276 g/mol. The molecule has 6 heteroatoms. The molecule has 78 valence electrons. The predicted molar refractivity (Wildman–Crippen MR) is 63.2 cm³/mol. The van der Waals surface area contributed by atoms with Gasteiger partial charge in [-0.05, 0) is 32.9 Å². The van der Waals surface area contributed by atoms with E-state index in [-0.39, 0.29) is 6.04 Å². The van der Waals surface area contributed by atoms with Gasteiger partial charge < -0.3 is 0 Å². The topological polar surface area (TPSA) is 63.8 Å². The minimum absolute atomic E-state index is 0.0613. The molecule has 0 aliphatic carbocycles. The Kier molecular flexibility index (Phi) is 3.42. The van der Waals surface area contributed by atoms with Gasteiger partial charge in [0.1, 0.15) is 6.33 Å². The molecule has 1 unspecified atom stereocenters. The Balaban J connectivity index is 2.33. The maximum absolute atomic E-state index is 5.53. The second-order valence-corrected chi connectivity index (χ2v) is 5.25. The van der Waals surface area contributed by atoms with Gasteiger partial charge in [-0.15, -0.1) is 11.3 Å². The molecule has 3 N–H and O–H groups in total. The van der Waals surface area contributed by atoms with E-state index >= 15 is 0 Å². The van der Waals surface area contributed by atoms with E-state index < -0.39 is 0 Å². The largest absolute Gasteiger partial charge is 0.271 e. The highest BCUT2D eigenvalue weighted by atomic mass is 79.9. The molecule has 0 spiro atoms. The van der Waals surface area contributed by atoms with Gasteiger partial charge in [-0.25, -0.2) is 15.4 Å². The first kappa shape index (κ1) is 10.7. The molecular formula is C9H9BrN4S. The van der Waals surface area contributed by atoms with Gasteiger partial charge >= 0.3 is 0 Å². The zero-order valence-electron chi connectivity index (χ0n) is 7.72. The van der Waals surface area contributed by atoms with Crippen LogP contribution in [0.4, 0.5) is 0 Å². The average molecular weight is 285 g/mol. The molecule has 0 fully saturated rings. The summed E-state index contributed by atoms with van der Waals surface area (Å²) in [6.07, 6.45) is 5.01. The lowest BCUT2D eigenvalue weighted by Gasteiger charge is -2.13. The summed E-state index contributed by atoms with van der Waals surface area (Å²) in [6, 6.07) is 1.97. The number of hydrazine groups is 1. The summed E-state index contributed by atoms with van der Waals surface area (Å²) < 4.78 is 1.08. The van der Waals surface area contributed by atoms with Crippen molar-refractivity contribution < 1.29 is 0 Å². The van der Waals surface area contributed by atoms with Gasteiger partial charge in [0, 0.05) is 18.0 Å². The minimum Gasteiger partial charge on any atom is -0.271 e. The van der Waals surface area contributed by atoms with Gasteiger partial charge in [-0.2, -0.15) is 0 Å². The predicted octanol–water partition coefficient (Wildman–Crippen LogP) is 1.85. The lowest BCUT2D eigenvalue weighted by Crippen LogP contribution is -2.28. The van der Waals surface area contributed by atoms with Crippen LogP contribution < -0.4 is 11.3 Å². The van der Waals surface area contributed by atoms with Crippen molar-refractivity contribution in [2.75, 3.05) is 0 Å². The minimum atomic E-state index is -0.0613. The van der Waals surface area contributed by atoms with E-state index in [0.717, 1.165) is 14.9 Å². The van der Waals surface area contributed by atoms with Gasteiger partial charge in [-0.3, -0.25) is 5.84 Å². The highest BCUT2D eigenvalue weighted by molar-refractivity contribution is 9.11. The summed E-state index contributed by atoms with van der Waals surface area (Å²) in [4.78, 5) is 7.94. The van der Waals surface area contributed by atoms with Gasteiger partial charge in [0.2, 0.25) is 0 Å². The van der Waals surface area contributed by atoms with Crippen molar-refractivity contribution in [1.29, 1.82) is 0 Å². The summed E-state index contributed by atoms with van der Waals surface area (Å²) in [6.45, 7) is 0. The molecule has 0 amide bonds. The Labute approximate surface area is 99.7 Å². The molecule has 0 aliphatic rings. The maximum Gasteiger partial charge on any atom is 0.115 e. The Morgan fingerprint density at radius 1 is 1.33 bits per heavy atom. The molecule has 2 rings (SSSR count). The van der Waals surface area contributed by atoms with E-state index in [9.17, 15) is 0 Å². The number of hydrogen-bond acceptors (Lipinski definition) is 5. The summed E-state index contributed by atoms with van der Waals surface area (Å²) in [7, 11) is 0. The molecule has 0 radical (unpaired) electrons. The molecule has 4 nitrogen and oxygen atoms in total. The van der Waals surface area contributed by atoms with Crippen LogP contribution in [0.2, 0.25) is 0 Å². The van der Waals surface area contributed by atoms with Crippen LogP contribution in [-0.4, -0.2) is 9.97 Å². The normalized spacial score (nSPS) is 12.7. The number of nitrogens with two attached hydrogens (primary N) is 1. The summed E-state index contributed by atoms with van der Waals surface area (Å²) in [5.41, 5.74) is 4.80. The smallest absolute Gasteiger partial charge is 0.115 e. The fourth-order valence-electron chi connectivity index (χ4n) is 1.32. The van der Waals surface area contributed by atoms with Gasteiger partial charge in [0.05, 0.1) is 9.83 Å². The highest BCUT2D eigenvalue weighted by Crippen LogP contribution is 2.28. The molecule has 2 aromatic heterocycles. The molecule has 0 aromatic carbocycles. The van der Waals surface area contributed by atoms with Crippen molar-refractivity contribution in [3.05, 3.63) is 45.1 Å². The fraction of sp³-hybridized carbons (Fsp3) is 0.111.